The van der Waals surface area contributed by atoms with Gasteiger partial charge in [0.25, 0.3) is 0 Å². The number of unbranched alkanes of at least 4 members (excludes halogenated alkanes) is 1. The molecule has 4 unspecified atom stereocenters. The van der Waals surface area contributed by atoms with Crippen LogP contribution in [0.1, 0.15) is 51.4 Å². The van der Waals surface area contributed by atoms with Crippen molar-refractivity contribution in [2.24, 2.45) is 17.2 Å². The van der Waals surface area contributed by atoms with Gasteiger partial charge in [-0.2, -0.15) is 11.8 Å². The van der Waals surface area contributed by atoms with Gasteiger partial charge in [-0.05, 0) is 63.5 Å². The van der Waals surface area contributed by atoms with E-state index in [1.807, 2.05) is 6.26 Å². The molecule has 34 heavy (non-hydrogen) atoms. The number of likely N-dealkylation sites (tertiary alicyclic amines) is 1. The molecule has 194 valence electrons. The summed E-state index contributed by atoms with van der Waals surface area (Å²) in [6, 6.07) is -3.81. The lowest BCUT2D eigenvalue weighted by atomic mass is 10.1. The quantitative estimate of drug-likeness (QED) is 0.135. The number of hydrogen-bond acceptors (Lipinski definition) is 8. The summed E-state index contributed by atoms with van der Waals surface area (Å²) in [6.07, 6.45) is 4.57. The lowest BCUT2D eigenvalue weighted by molar-refractivity contribution is -0.149. The average molecular weight is 503 g/mol. The molecule has 0 aromatic carbocycles. The molecule has 4 atom stereocenters. The molecule has 0 aliphatic carbocycles. The molecule has 9 N–H and O–H groups in total. The van der Waals surface area contributed by atoms with E-state index in [9.17, 15) is 29.1 Å². The number of carboxylic acids is 1. The number of nitrogens with two attached hydrogens (primary N) is 3. The number of carboxylic acid groups (broad SMARTS) is 1. The van der Waals surface area contributed by atoms with Crippen molar-refractivity contribution in [3.63, 3.8) is 0 Å². The Bertz CT molecular complexity index is 724. The predicted octanol–water partition coefficient (Wildman–Crippen LogP) is -1.49. The van der Waals surface area contributed by atoms with E-state index < -0.39 is 53.8 Å². The van der Waals surface area contributed by atoms with Crippen LogP contribution in [0.25, 0.3) is 0 Å². The summed E-state index contributed by atoms with van der Waals surface area (Å²) in [5.74, 6) is -2.69. The maximum Gasteiger partial charge on any atom is 0.326 e. The SMILES string of the molecule is CSCCC(NC(=O)C(CCCCN)NC(=O)C(N)CCC(N)=O)C(=O)N1CCCC1C(=O)O. The topological polar surface area (TPSA) is 211 Å². The molecule has 12 nitrogen and oxygen atoms in total. The minimum atomic E-state index is -1.07. The minimum absolute atomic E-state index is 0.0404. The molecule has 1 heterocycles. The van der Waals surface area contributed by atoms with Crippen molar-refractivity contribution < 1.29 is 29.1 Å². The van der Waals surface area contributed by atoms with Crippen molar-refractivity contribution >= 4 is 41.4 Å². The summed E-state index contributed by atoms with van der Waals surface area (Å²) >= 11 is 1.50. The number of thioether (sulfide) groups is 1. The van der Waals surface area contributed by atoms with E-state index in [4.69, 9.17) is 17.2 Å². The van der Waals surface area contributed by atoms with Crippen molar-refractivity contribution in [3.8, 4) is 0 Å². The van der Waals surface area contributed by atoms with Crippen LogP contribution in [-0.2, 0) is 24.0 Å². The summed E-state index contributed by atoms with van der Waals surface area (Å²) in [6.45, 7) is 0.730. The molecular weight excluding hydrogens is 464 g/mol. The van der Waals surface area contributed by atoms with Crippen LogP contribution in [0.15, 0.2) is 0 Å². The van der Waals surface area contributed by atoms with Crippen molar-refractivity contribution in [2.75, 3.05) is 25.1 Å². The summed E-state index contributed by atoms with van der Waals surface area (Å²) in [5, 5.41) is 14.7. The van der Waals surface area contributed by atoms with Crippen molar-refractivity contribution in [2.45, 2.75) is 75.5 Å². The lowest BCUT2D eigenvalue weighted by Gasteiger charge is -2.29. The van der Waals surface area contributed by atoms with E-state index >= 15 is 0 Å². The van der Waals surface area contributed by atoms with E-state index in [2.05, 4.69) is 10.6 Å². The van der Waals surface area contributed by atoms with E-state index in [-0.39, 0.29) is 19.3 Å². The highest BCUT2D eigenvalue weighted by Gasteiger charge is 2.38. The minimum Gasteiger partial charge on any atom is -0.480 e. The van der Waals surface area contributed by atoms with Crippen LogP contribution in [0.2, 0.25) is 0 Å². The van der Waals surface area contributed by atoms with Gasteiger partial charge in [0.15, 0.2) is 0 Å². The van der Waals surface area contributed by atoms with Gasteiger partial charge < -0.3 is 37.8 Å². The Kier molecular flexibility index (Phi) is 13.5. The van der Waals surface area contributed by atoms with Gasteiger partial charge in [0.2, 0.25) is 23.6 Å². The third-order valence-electron chi connectivity index (χ3n) is 5.66. The molecule has 13 heteroatoms. The standard InChI is InChI=1S/C21H38N6O6S/c1-34-12-9-15(20(31)27-11-4-6-16(27)21(32)33)26-19(30)14(5-2-3-10-22)25-18(29)13(23)7-8-17(24)28/h13-16H,2-12,22-23H2,1H3,(H2,24,28)(H,25,29)(H,26,30)(H,32,33). The number of nitrogens with one attached hydrogen (secondary N) is 2. The molecule has 0 saturated carbocycles. The number of aliphatic carboxylic acids is 1. The van der Waals surface area contributed by atoms with E-state index in [1.54, 1.807) is 0 Å². The second kappa shape index (κ2) is 15.5. The van der Waals surface area contributed by atoms with Crippen LogP contribution < -0.4 is 27.8 Å². The van der Waals surface area contributed by atoms with Crippen LogP contribution in [0, 0.1) is 0 Å². The van der Waals surface area contributed by atoms with Crippen LogP contribution in [0.4, 0.5) is 0 Å². The average Bonchev–Trinajstić information content (AvgIpc) is 3.29. The monoisotopic (exact) mass is 502 g/mol. The molecule has 1 fully saturated rings. The zero-order chi connectivity index (χ0) is 25.7. The first kappa shape index (κ1) is 29.7. The molecule has 0 aromatic heterocycles. The van der Waals surface area contributed by atoms with Crippen molar-refractivity contribution in [1.29, 1.82) is 0 Å². The Morgan fingerprint density at radius 3 is 2.32 bits per heavy atom. The Morgan fingerprint density at radius 1 is 1.06 bits per heavy atom. The predicted molar refractivity (Wildman–Crippen MR) is 129 cm³/mol. The Balaban J connectivity index is 2.93. The van der Waals surface area contributed by atoms with Gasteiger partial charge in [-0.15, -0.1) is 0 Å². The van der Waals surface area contributed by atoms with Crippen LogP contribution in [0.5, 0.6) is 0 Å². The second-order valence-corrected chi connectivity index (χ2v) is 9.31. The molecule has 1 aliphatic heterocycles. The fraction of sp³-hybridized carbons (Fsp3) is 0.762. The van der Waals surface area contributed by atoms with Gasteiger partial charge in [-0.3, -0.25) is 19.2 Å². The number of amides is 4. The number of carbonyl (C=O) groups is 5. The molecule has 4 amide bonds. The van der Waals surface area contributed by atoms with E-state index in [0.29, 0.717) is 50.9 Å². The fourth-order valence-electron chi connectivity index (χ4n) is 3.72. The normalized spacial score (nSPS) is 18.1. The van der Waals surface area contributed by atoms with E-state index in [1.165, 1.54) is 16.7 Å². The molecule has 1 rings (SSSR count). The van der Waals surface area contributed by atoms with Gasteiger partial charge in [0, 0.05) is 13.0 Å². The Morgan fingerprint density at radius 2 is 1.74 bits per heavy atom. The van der Waals surface area contributed by atoms with Gasteiger partial charge >= 0.3 is 5.97 Å². The van der Waals surface area contributed by atoms with Gasteiger partial charge in [0.05, 0.1) is 6.04 Å². The first-order valence-corrected chi connectivity index (χ1v) is 12.9. The van der Waals surface area contributed by atoms with Crippen molar-refractivity contribution in [1.82, 2.24) is 15.5 Å². The highest BCUT2D eigenvalue weighted by atomic mass is 32.2. The summed E-state index contributed by atoms with van der Waals surface area (Å²) < 4.78 is 0. The second-order valence-electron chi connectivity index (χ2n) is 8.33. The van der Waals surface area contributed by atoms with Crippen molar-refractivity contribution in [3.05, 3.63) is 0 Å². The summed E-state index contributed by atoms with van der Waals surface area (Å²) in [5.41, 5.74) is 16.5. The Labute approximate surface area is 204 Å². The zero-order valence-corrected chi connectivity index (χ0v) is 20.5. The van der Waals surface area contributed by atoms with E-state index in [0.717, 1.165) is 0 Å². The maximum atomic E-state index is 13.1. The van der Waals surface area contributed by atoms with Gasteiger partial charge in [-0.1, -0.05) is 0 Å². The largest absolute Gasteiger partial charge is 0.480 e. The highest BCUT2D eigenvalue weighted by Crippen LogP contribution is 2.20. The number of nitrogens with zero attached hydrogens (tertiary/aromatic N) is 1. The molecule has 0 spiro atoms. The highest BCUT2D eigenvalue weighted by molar-refractivity contribution is 7.98. The number of carbonyl (C=O) groups excluding carboxylic acids is 4. The van der Waals surface area contributed by atoms with Gasteiger partial charge in [-0.25, -0.2) is 4.79 Å². The van der Waals surface area contributed by atoms with Crippen LogP contribution >= 0.6 is 11.8 Å². The van der Waals surface area contributed by atoms with Crippen LogP contribution in [0.3, 0.4) is 0 Å². The zero-order valence-electron chi connectivity index (χ0n) is 19.7. The lowest BCUT2D eigenvalue weighted by Crippen LogP contribution is -2.57. The molecule has 0 bridgehead atoms. The molecule has 0 aromatic rings. The molecule has 1 saturated heterocycles. The van der Waals surface area contributed by atoms with Crippen LogP contribution in [-0.4, -0.2) is 88.9 Å². The molecule has 0 radical (unpaired) electrons. The summed E-state index contributed by atoms with van der Waals surface area (Å²) in [4.78, 5) is 62.5. The first-order valence-electron chi connectivity index (χ1n) is 11.5. The molecule has 1 aliphatic rings. The smallest absolute Gasteiger partial charge is 0.326 e. The van der Waals surface area contributed by atoms with Gasteiger partial charge in [0.1, 0.15) is 18.1 Å². The Hall–Kier alpha value is -2.38. The third kappa shape index (κ3) is 9.85. The first-order chi connectivity index (χ1) is 16.1. The number of primary amides is 1. The fourth-order valence-corrected chi connectivity index (χ4v) is 4.19. The summed E-state index contributed by atoms with van der Waals surface area (Å²) in [7, 11) is 0. The number of rotatable bonds is 16. The molecular formula is C21H38N6O6S. The third-order valence-corrected chi connectivity index (χ3v) is 6.31. The maximum absolute atomic E-state index is 13.1. The number of hydrogen-bond donors (Lipinski definition) is 6.